The van der Waals surface area contributed by atoms with Gasteiger partial charge in [0.2, 0.25) is 0 Å². The highest BCUT2D eigenvalue weighted by Gasteiger charge is 2.34. The van der Waals surface area contributed by atoms with Gasteiger partial charge in [-0.2, -0.15) is 5.10 Å². The molecule has 0 spiro atoms. The molecule has 33 heavy (non-hydrogen) atoms. The van der Waals surface area contributed by atoms with Crippen molar-refractivity contribution in [1.82, 2.24) is 15.1 Å². The molecule has 3 aromatic rings. The van der Waals surface area contributed by atoms with Crippen molar-refractivity contribution in [2.75, 3.05) is 21.3 Å². The van der Waals surface area contributed by atoms with Gasteiger partial charge in [0.1, 0.15) is 6.04 Å². The highest BCUT2D eigenvalue weighted by Crippen LogP contribution is 2.44. The maximum Gasteiger partial charge on any atom is 0.328 e. The third kappa shape index (κ3) is 3.92. The summed E-state index contributed by atoms with van der Waals surface area (Å²) >= 11 is 0. The molecule has 4 rings (SSSR count). The Morgan fingerprint density at radius 1 is 1.03 bits per heavy atom. The molecule has 1 heterocycles. The van der Waals surface area contributed by atoms with Gasteiger partial charge in [-0.25, -0.2) is 9.48 Å². The first-order chi connectivity index (χ1) is 15.9. The molecule has 1 N–H and O–H groups in total. The Labute approximate surface area is 192 Å². The van der Waals surface area contributed by atoms with Crippen LogP contribution in [-0.4, -0.2) is 49.0 Å². The van der Waals surface area contributed by atoms with Crippen molar-refractivity contribution >= 4 is 11.9 Å². The molecule has 0 saturated carbocycles. The Kier molecular flexibility index (Phi) is 6.09. The van der Waals surface area contributed by atoms with Crippen molar-refractivity contribution < 1.29 is 23.8 Å². The van der Waals surface area contributed by atoms with E-state index in [0.29, 0.717) is 17.9 Å². The number of benzene rings is 2. The molecule has 0 saturated heterocycles. The van der Waals surface area contributed by atoms with Gasteiger partial charge in [-0.15, -0.1) is 0 Å². The zero-order valence-electron chi connectivity index (χ0n) is 19.3. The number of nitrogens with one attached hydrogen (secondary N) is 1. The fourth-order valence-electron chi connectivity index (χ4n) is 4.15. The summed E-state index contributed by atoms with van der Waals surface area (Å²) in [5.41, 5.74) is 4.63. The second-order valence-corrected chi connectivity index (χ2v) is 8.18. The van der Waals surface area contributed by atoms with E-state index >= 15 is 0 Å². The van der Waals surface area contributed by atoms with Crippen LogP contribution in [0.25, 0.3) is 16.9 Å². The Balaban J connectivity index is 1.84. The van der Waals surface area contributed by atoms with E-state index in [4.69, 9.17) is 14.2 Å². The number of ether oxygens (including phenoxy) is 3. The minimum Gasteiger partial charge on any atom is -0.493 e. The van der Waals surface area contributed by atoms with Crippen molar-refractivity contribution in [1.29, 1.82) is 0 Å². The summed E-state index contributed by atoms with van der Waals surface area (Å²) in [5, 5.41) is 7.49. The molecule has 1 atom stereocenters. The van der Waals surface area contributed by atoms with Crippen LogP contribution in [0.1, 0.15) is 35.5 Å². The molecule has 8 heteroatoms. The van der Waals surface area contributed by atoms with Crippen molar-refractivity contribution in [2.24, 2.45) is 5.92 Å². The highest BCUT2D eigenvalue weighted by atomic mass is 16.5. The Morgan fingerprint density at radius 2 is 1.70 bits per heavy atom. The monoisotopic (exact) mass is 449 g/mol. The highest BCUT2D eigenvalue weighted by molar-refractivity contribution is 5.99. The molecule has 1 aromatic heterocycles. The van der Waals surface area contributed by atoms with Crippen molar-refractivity contribution in [3.63, 3.8) is 0 Å². The second kappa shape index (κ2) is 8.97. The first-order valence-electron chi connectivity index (χ1n) is 10.7. The number of hydrogen-bond acceptors (Lipinski definition) is 6. The number of nitrogens with zero attached hydrogens (tertiary/aromatic N) is 2. The number of carbonyl (C=O) groups excluding carboxylic acids is 2. The van der Waals surface area contributed by atoms with Gasteiger partial charge in [-0.3, -0.25) is 4.79 Å². The van der Waals surface area contributed by atoms with E-state index in [-0.39, 0.29) is 11.6 Å². The molecule has 0 aliphatic heterocycles. The number of aromatic nitrogens is 2. The first kappa shape index (κ1) is 22.4. The summed E-state index contributed by atoms with van der Waals surface area (Å²) in [6, 6.07) is 12.7. The molecule has 1 aliphatic carbocycles. The third-order valence-corrected chi connectivity index (χ3v) is 5.84. The van der Waals surface area contributed by atoms with Crippen LogP contribution in [-0.2, 0) is 16.0 Å². The molecule has 1 aliphatic rings. The minimum atomic E-state index is -0.774. The Morgan fingerprint density at radius 3 is 2.30 bits per heavy atom. The standard InChI is InChI=1S/C25H27N3O5/c1-14(2)21(25(30)33-5)26-24(29)22-18-11-15-12-19(31-3)20(32-4)13-17(15)23(18)28(27-22)16-9-7-6-8-10-16/h6-10,12-14,21H,11H2,1-5H3,(H,26,29). The molecular weight excluding hydrogens is 422 g/mol. The molecule has 0 bridgehead atoms. The normalized spacial score (nSPS) is 12.7. The van der Waals surface area contributed by atoms with Gasteiger partial charge in [0.05, 0.1) is 32.7 Å². The van der Waals surface area contributed by atoms with E-state index in [2.05, 4.69) is 10.4 Å². The van der Waals surface area contributed by atoms with E-state index in [1.165, 1.54) is 7.11 Å². The van der Waals surface area contributed by atoms with Gasteiger partial charge < -0.3 is 19.5 Å². The van der Waals surface area contributed by atoms with Crippen molar-refractivity contribution in [3.8, 4) is 28.4 Å². The maximum absolute atomic E-state index is 13.3. The molecule has 1 unspecified atom stereocenters. The maximum atomic E-state index is 13.3. The third-order valence-electron chi connectivity index (χ3n) is 5.84. The van der Waals surface area contributed by atoms with Gasteiger partial charge in [0.25, 0.3) is 5.91 Å². The number of carbonyl (C=O) groups is 2. The topological polar surface area (TPSA) is 91.7 Å². The summed E-state index contributed by atoms with van der Waals surface area (Å²) in [5.74, 6) is 0.169. The van der Waals surface area contributed by atoms with E-state index in [1.807, 2.05) is 56.3 Å². The van der Waals surface area contributed by atoms with Gasteiger partial charge in [-0.1, -0.05) is 32.0 Å². The number of rotatable bonds is 7. The van der Waals surface area contributed by atoms with Crippen LogP contribution < -0.4 is 14.8 Å². The van der Waals surface area contributed by atoms with Crippen LogP contribution in [0.4, 0.5) is 0 Å². The number of fused-ring (bicyclic) bond motifs is 3. The lowest BCUT2D eigenvalue weighted by molar-refractivity contribution is -0.144. The minimum absolute atomic E-state index is 0.142. The van der Waals surface area contributed by atoms with Crippen LogP contribution in [0.15, 0.2) is 42.5 Å². The predicted molar refractivity (Wildman–Crippen MR) is 123 cm³/mol. The molecule has 0 fully saturated rings. The number of esters is 1. The second-order valence-electron chi connectivity index (χ2n) is 8.18. The molecular formula is C25H27N3O5. The van der Waals surface area contributed by atoms with Crippen LogP contribution in [0.2, 0.25) is 0 Å². The van der Waals surface area contributed by atoms with Crippen LogP contribution in [0.5, 0.6) is 11.5 Å². The summed E-state index contributed by atoms with van der Waals surface area (Å²) < 4.78 is 17.6. The fraction of sp³-hybridized carbons (Fsp3) is 0.320. The predicted octanol–water partition coefficient (Wildman–Crippen LogP) is 3.39. The smallest absolute Gasteiger partial charge is 0.328 e. The first-order valence-corrected chi connectivity index (χ1v) is 10.7. The molecule has 1 amide bonds. The number of amides is 1. The van der Waals surface area contributed by atoms with Gasteiger partial charge in [-0.05, 0) is 35.7 Å². The Hall–Kier alpha value is -3.81. The van der Waals surface area contributed by atoms with Crippen LogP contribution in [0.3, 0.4) is 0 Å². The summed E-state index contributed by atoms with van der Waals surface area (Å²) in [6.45, 7) is 3.70. The fourth-order valence-corrected chi connectivity index (χ4v) is 4.15. The van der Waals surface area contributed by atoms with Crippen LogP contribution >= 0.6 is 0 Å². The zero-order valence-corrected chi connectivity index (χ0v) is 19.3. The number of para-hydroxylation sites is 1. The van der Waals surface area contributed by atoms with E-state index in [1.54, 1.807) is 18.9 Å². The van der Waals surface area contributed by atoms with Crippen molar-refractivity contribution in [3.05, 3.63) is 59.3 Å². The van der Waals surface area contributed by atoms with Crippen molar-refractivity contribution in [2.45, 2.75) is 26.3 Å². The number of methoxy groups -OCH3 is 3. The van der Waals surface area contributed by atoms with E-state index < -0.39 is 17.9 Å². The van der Waals surface area contributed by atoms with Gasteiger partial charge >= 0.3 is 5.97 Å². The molecule has 2 aromatic carbocycles. The summed E-state index contributed by atoms with van der Waals surface area (Å²) in [6.07, 6.45) is 0.505. The SMILES string of the molecule is COC(=O)C(NC(=O)c1nn(-c2ccccc2)c2c1Cc1cc(OC)c(OC)cc1-2)C(C)C. The van der Waals surface area contributed by atoms with E-state index in [9.17, 15) is 9.59 Å². The molecule has 172 valence electrons. The summed E-state index contributed by atoms with van der Waals surface area (Å²) in [7, 11) is 4.49. The van der Waals surface area contributed by atoms with Gasteiger partial charge in [0.15, 0.2) is 17.2 Å². The van der Waals surface area contributed by atoms with E-state index in [0.717, 1.165) is 28.1 Å². The van der Waals surface area contributed by atoms with Gasteiger partial charge in [0, 0.05) is 17.5 Å². The largest absolute Gasteiger partial charge is 0.493 e. The summed E-state index contributed by atoms with van der Waals surface area (Å²) in [4.78, 5) is 25.5. The Bertz CT molecular complexity index is 1200. The van der Waals surface area contributed by atoms with Crippen LogP contribution in [0, 0.1) is 5.92 Å². The lowest BCUT2D eigenvalue weighted by atomic mass is 10.0. The quantitative estimate of drug-likeness (QED) is 0.435. The number of hydrogen-bond donors (Lipinski definition) is 1. The molecule has 0 radical (unpaired) electrons. The average molecular weight is 450 g/mol. The lowest BCUT2D eigenvalue weighted by Gasteiger charge is -2.19. The lowest BCUT2D eigenvalue weighted by Crippen LogP contribution is -2.45. The zero-order chi connectivity index (χ0) is 23.7. The average Bonchev–Trinajstić information content (AvgIpc) is 3.38. The molecule has 8 nitrogen and oxygen atoms in total.